The van der Waals surface area contributed by atoms with Crippen molar-refractivity contribution in [2.45, 2.75) is 56.1 Å². The number of aliphatic hydroxyl groups excluding tert-OH is 1. The molecule has 1 aromatic heterocycles. The van der Waals surface area contributed by atoms with Crippen LogP contribution in [0.3, 0.4) is 0 Å². The van der Waals surface area contributed by atoms with Crippen molar-refractivity contribution in [3.8, 4) is 0 Å². The first-order valence-corrected chi connectivity index (χ1v) is 9.26. The Morgan fingerprint density at radius 2 is 2.10 bits per heavy atom. The van der Waals surface area contributed by atoms with E-state index in [1.165, 1.54) is 44.6 Å². The molecule has 0 spiro atoms. The van der Waals surface area contributed by atoms with E-state index in [-0.39, 0.29) is 0 Å². The quantitative estimate of drug-likeness (QED) is 0.424. The summed E-state index contributed by atoms with van der Waals surface area (Å²) in [5, 5.41) is 11.4. The zero-order valence-corrected chi connectivity index (χ0v) is 13.8. The molecule has 21 heavy (non-hydrogen) atoms. The Labute approximate surface area is 133 Å². The summed E-state index contributed by atoms with van der Waals surface area (Å²) in [4.78, 5) is 15.5. The maximum atomic E-state index is 11.1. The Kier molecular flexibility index (Phi) is 6.73. The fraction of sp³-hybridized carbons (Fsp3) is 0.600. The second-order valence-corrected chi connectivity index (χ2v) is 7.20. The van der Waals surface area contributed by atoms with Gasteiger partial charge in [-0.15, -0.1) is 11.3 Å². The van der Waals surface area contributed by atoms with Gasteiger partial charge in [0.25, 0.3) is 0 Å². The number of thiazole rings is 1. The van der Waals surface area contributed by atoms with Crippen LogP contribution in [0.1, 0.15) is 51.1 Å². The summed E-state index contributed by atoms with van der Waals surface area (Å²) < 4.78 is 5.64. The van der Waals surface area contributed by atoms with Gasteiger partial charge in [-0.3, -0.25) is 0 Å². The van der Waals surface area contributed by atoms with Gasteiger partial charge in [0.15, 0.2) is 4.34 Å². The van der Waals surface area contributed by atoms with Crippen molar-refractivity contribution in [2.75, 3.05) is 5.75 Å². The average molecular weight is 327 g/mol. The van der Waals surface area contributed by atoms with E-state index >= 15 is 0 Å². The second kappa shape index (κ2) is 8.56. The summed E-state index contributed by atoms with van der Waals surface area (Å²) >= 11 is 3.28. The number of aliphatic hydroxyl groups is 1. The van der Waals surface area contributed by atoms with Gasteiger partial charge in [0.1, 0.15) is 0 Å². The van der Waals surface area contributed by atoms with E-state index in [2.05, 4.69) is 16.6 Å². The van der Waals surface area contributed by atoms with Crippen molar-refractivity contribution in [3.63, 3.8) is 0 Å². The van der Waals surface area contributed by atoms with Crippen LogP contribution in [0.15, 0.2) is 15.8 Å². The first kappa shape index (κ1) is 16.5. The lowest BCUT2D eigenvalue weighted by Crippen LogP contribution is -2.09. The third kappa shape index (κ3) is 5.13. The lowest BCUT2D eigenvalue weighted by atomic mass is 10.1. The van der Waals surface area contributed by atoms with Gasteiger partial charge in [0.05, 0.1) is 11.3 Å². The van der Waals surface area contributed by atoms with Crippen molar-refractivity contribution in [3.05, 3.63) is 17.2 Å². The van der Waals surface area contributed by atoms with Crippen LogP contribution >= 0.6 is 23.1 Å². The van der Waals surface area contributed by atoms with E-state index in [0.717, 1.165) is 10.1 Å². The van der Waals surface area contributed by atoms with Crippen molar-refractivity contribution in [1.82, 2.24) is 4.98 Å². The topological polar surface area (TPSA) is 59.4 Å². The van der Waals surface area contributed by atoms with Crippen LogP contribution in [0, 0.1) is 0 Å². The van der Waals surface area contributed by atoms with Crippen molar-refractivity contribution >= 4 is 34.6 Å². The van der Waals surface area contributed by atoms with E-state index < -0.39 is 12.3 Å². The van der Waals surface area contributed by atoms with Crippen LogP contribution in [0.25, 0.3) is 5.57 Å². The molecule has 1 unspecified atom stereocenters. The standard InChI is InChI=1S/C15H21NO3S2/c1-2-3-4-5-6-7-8-20-15-16-12(10-21-15)11-9-13(17)19-14(11)18/h9-10,14,18H,2-8H2,1H3. The van der Waals surface area contributed by atoms with Gasteiger partial charge in [0, 0.05) is 17.2 Å². The SMILES string of the molecule is CCCCCCCCSc1nc(C2=CC(=O)OC2O)cs1. The molecule has 0 aromatic carbocycles. The summed E-state index contributed by atoms with van der Waals surface area (Å²) in [5.41, 5.74) is 1.10. The molecule has 1 aliphatic rings. The molecule has 0 amide bonds. The number of carbonyl (C=O) groups is 1. The van der Waals surface area contributed by atoms with E-state index in [4.69, 9.17) is 0 Å². The number of unbranched alkanes of at least 4 members (excludes halogenated alkanes) is 5. The van der Waals surface area contributed by atoms with Crippen LogP contribution in [0.2, 0.25) is 0 Å². The Balaban J connectivity index is 1.71. The molecule has 1 atom stereocenters. The van der Waals surface area contributed by atoms with E-state index in [1.54, 1.807) is 23.1 Å². The molecule has 2 heterocycles. The normalized spacial score (nSPS) is 17.9. The van der Waals surface area contributed by atoms with E-state index in [1.807, 2.05) is 5.38 Å². The van der Waals surface area contributed by atoms with Crippen molar-refractivity contribution in [1.29, 1.82) is 0 Å². The zero-order chi connectivity index (χ0) is 15.1. The molecule has 2 rings (SSSR count). The molecule has 1 aromatic rings. The van der Waals surface area contributed by atoms with Gasteiger partial charge in [-0.2, -0.15) is 0 Å². The van der Waals surface area contributed by atoms with Gasteiger partial charge in [0.2, 0.25) is 6.29 Å². The van der Waals surface area contributed by atoms with E-state index in [9.17, 15) is 9.90 Å². The van der Waals surface area contributed by atoms with Gasteiger partial charge >= 0.3 is 5.97 Å². The first-order valence-electron chi connectivity index (χ1n) is 7.39. The molecule has 0 bridgehead atoms. The molecule has 0 saturated carbocycles. The highest BCUT2D eigenvalue weighted by Gasteiger charge is 2.26. The monoisotopic (exact) mass is 327 g/mol. The minimum atomic E-state index is -1.17. The lowest BCUT2D eigenvalue weighted by Gasteiger charge is -2.03. The highest BCUT2D eigenvalue weighted by atomic mass is 32.2. The fourth-order valence-electron chi connectivity index (χ4n) is 2.10. The molecule has 0 fully saturated rings. The maximum Gasteiger partial charge on any atom is 0.333 e. The predicted octanol–water partition coefficient (Wildman–Crippen LogP) is 3.85. The molecule has 1 N–H and O–H groups in total. The Hall–Kier alpha value is -0.850. The molecule has 0 saturated heterocycles. The highest BCUT2D eigenvalue weighted by molar-refractivity contribution is 8.01. The Morgan fingerprint density at radius 1 is 1.33 bits per heavy atom. The molecule has 4 nitrogen and oxygen atoms in total. The molecule has 0 radical (unpaired) electrons. The minimum Gasteiger partial charge on any atom is -0.428 e. The first-order chi connectivity index (χ1) is 10.2. The number of rotatable bonds is 9. The number of hydrogen-bond acceptors (Lipinski definition) is 6. The number of carbonyl (C=O) groups excluding carboxylic acids is 1. The molecule has 1 aliphatic heterocycles. The third-order valence-electron chi connectivity index (χ3n) is 3.27. The molecule has 0 aliphatic carbocycles. The van der Waals surface area contributed by atoms with Gasteiger partial charge in [-0.1, -0.05) is 50.8 Å². The predicted molar refractivity (Wildman–Crippen MR) is 86.3 cm³/mol. The number of cyclic esters (lactones) is 1. The van der Waals surface area contributed by atoms with Crippen molar-refractivity contribution in [2.24, 2.45) is 0 Å². The van der Waals surface area contributed by atoms with E-state index in [0.29, 0.717) is 11.3 Å². The number of thioether (sulfide) groups is 1. The smallest absolute Gasteiger partial charge is 0.333 e. The van der Waals surface area contributed by atoms with Gasteiger partial charge < -0.3 is 9.84 Å². The van der Waals surface area contributed by atoms with Crippen LogP contribution in [0.5, 0.6) is 0 Å². The number of aromatic nitrogens is 1. The van der Waals surface area contributed by atoms with Gasteiger partial charge in [-0.25, -0.2) is 9.78 Å². The lowest BCUT2D eigenvalue weighted by molar-refractivity contribution is -0.149. The van der Waals surface area contributed by atoms with Crippen LogP contribution < -0.4 is 0 Å². The second-order valence-electron chi connectivity index (χ2n) is 5.00. The number of nitrogens with zero attached hydrogens (tertiary/aromatic N) is 1. The molecule has 116 valence electrons. The molecule has 6 heteroatoms. The number of hydrogen-bond donors (Lipinski definition) is 1. The highest BCUT2D eigenvalue weighted by Crippen LogP contribution is 2.30. The maximum absolute atomic E-state index is 11.1. The minimum absolute atomic E-state index is 0.461. The van der Waals surface area contributed by atoms with Crippen LogP contribution in [-0.2, 0) is 9.53 Å². The number of ether oxygens (including phenoxy) is 1. The largest absolute Gasteiger partial charge is 0.428 e. The third-order valence-corrected chi connectivity index (χ3v) is 5.38. The summed E-state index contributed by atoms with van der Waals surface area (Å²) in [6, 6.07) is 0. The number of esters is 1. The summed E-state index contributed by atoms with van der Waals surface area (Å²) in [6.07, 6.45) is 7.89. The Bertz CT molecular complexity index is 499. The average Bonchev–Trinajstić information content (AvgIpc) is 3.04. The zero-order valence-electron chi connectivity index (χ0n) is 12.2. The van der Waals surface area contributed by atoms with Crippen molar-refractivity contribution < 1.29 is 14.6 Å². The van der Waals surface area contributed by atoms with Crippen LogP contribution in [-0.4, -0.2) is 28.1 Å². The fourth-order valence-corrected chi connectivity index (χ4v) is 4.01. The molecular weight excluding hydrogens is 306 g/mol. The summed E-state index contributed by atoms with van der Waals surface area (Å²) in [5.74, 6) is 0.558. The summed E-state index contributed by atoms with van der Waals surface area (Å²) in [6.45, 7) is 2.23. The van der Waals surface area contributed by atoms with Crippen LogP contribution in [0.4, 0.5) is 0 Å². The Morgan fingerprint density at radius 3 is 2.81 bits per heavy atom. The summed E-state index contributed by atoms with van der Waals surface area (Å²) in [7, 11) is 0. The molecular formula is C15H21NO3S2. The van der Waals surface area contributed by atoms with Gasteiger partial charge in [-0.05, 0) is 6.42 Å².